The lowest BCUT2D eigenvalue weighted by molar-refractivity contribution is -0.134. The van der Waals surface area contributed by atoms with Crippen LogP contribution in [-0.4, -0.2) is 55.6 Å². The molecule has 0 aromatic carbocycles. The maximum atomic E-state index is 12.8. The predicted molar refractivity (Wildman–Crippen MR) is 119 cm³/mol. The Morgan fingerprint density at radius 2 is 2.03 bits per heavy atom. The Kier molecular flexibility index (Phi) is 7.48. The highest BCUT2D eigenvalue weighted by Crippen LogP contribution is 2.26. The third-order valence-corrected chi connectivity index (χ3v) is 6.11. The van der Waals surface area contributed by atoms with E-state index in [0.717, 1.165) is 31.2 Å². The topological polar surface area (TPSA) is 119 Å². The zero-order valence-corrected chi connectivity index (χ0v) is 19.0. The summed E-state index contributed by atoms with van der Waals surface area (Å²) >= 11 is 6.23. The van der Waals surface area contributed by atoms with E-state index in [9.17, 15) is 9.59 Å². The molecule has 31 heavy (non-hydrogen) atoms. The molecule has 0 spiro atoms. The first-order valence-corrected chi connectivity index (χ1v) is 11.1. The number of likely N-dealkylation sites (tertiary alicyclic amines) is 1. The monoisotopic (exact) mass is 447 g/mol. The van der Waals surface area contributed by atoms with E-state index in [0.29, 0.717) is 48.0 Å². The Balaban J connectivity index is 1.47. The molecule has 9 nitrogen and oxygen atoms in total. The smallest absolute Gasteiger partial charge is 0.270 e. The van der Waals surface area contributed by atoms with Crippen molar-refractivity contribution in [2.45, 2.75) is 59.0 Å². The van der Waals surface area contributed by atoms with Crippen LogP contribution < -0.4 is 11.1 Å². The molecule has 1 atom stereocenters. The van der Waals surface area contributed by atoms with Crippen LogP contribution in [0.1, 0.15) is 55.0 Å². The molecule has 3 heterocycles. The van der Waals surface area contributed by atoms with E-state index >= 15 is 0 Å². The molecule has 1 aliphatic rings. The highest BCUT2D eigenvalue weighted by atomic mass is 35.5. The Bertz CT molecular complexity index is 915. The molecule has 1 saturated heterocycles. The largest absolute Gasteiger partial charge is 0.383 e. The van der Waals surface area contributed by atoms with Crippen molar-refractivity contribution in [1.82, 2.24) is 30.0 Å². The highest BCUT2D eigenvalue weighted by molar-refractivity contribution is 6.30. The van der Waals surface area contributed by atoms with Crippen LogP contribution in [-0.2, 0) is 17.8 Å². The van der Waals surface area contributed by atoms with Crippen molar-refractivity contribution in [2.24, 2.45) is 5.92 Å². The van der Waals surface area contributed by atoms with Gasteiger partial charge in [0.25, 0.3) is 5.91 Å². The van der Waals surface area contributed by atoms with Gasteiger partial charge in [0.05, 0.1) is 0 Å². The Hall–Kier alpha value is -2.68. The molecule has 10 heteroatoms. The molecule has 1 unspecified atom stereocenters. The van der Waals surface area contributed by atoms with Gasteiger partial charge in [-0.2, -0.15) is 5.10 Å². The van der Waals surface area contributed by atoms with Crippen molar-refractivity contribution >= 4 is 29.2 Å². The van der Waals surface area contributed by atoms with Gasteiger partial charge in [-0.15, -0.1) is 0 Å². The molecule has 2 amide bonds. The van der Waals surface area contributed by atoms with Gasteiger partial charge in [0.2, 0.25) is 5.91 Å². The number of carbonyl (C=O) groups excluding carboxylic acids is 2. The average Bonchev–Trinajstić information content (AvgIpc) is 3.22. The van der Waals surface area contributed by atoms with Crippen LogP contribution in [0, 0.1) is 12.8 Å². The number of nitrogen functional groups attached to an aromatic ring is 1. The summed E-state index contributed by atoms with van der Waals surface area (Å²) in [6, 6.07) is 1.06. The van der Waals surface area contributed by atoms with Gasteiger partial charge < -0.3 is 16.0 Å². The number of rotatable bonds is 7. The van der Waals surface area contributed by atoms with Crippen molar-refractivity contribution < 1.29 is 9.59 Å². The number of nitrogens with one attached hydrogen (secondary N) is 1. The van der Waals surface area contributed by atoms with E-state index < -0.39 is 6.04 Å². The number of aromatic nitrogens is 4. The van der Waals surface area contributed by atoms with Crippen molar-refractivity contribution in [2.75, 3.05) is 18.8 Å². The van der Waals surface area contributed by atoms with Crippen LogP contribution in [0.3, 0.4) is 0 Å². The Morgan fingerprint density at radius 3 is 2.68 bits per heavy atom. The minimum atomic E-state index is -0.590. The molecule has 2 aromatic heterocycles. The summed E-state index contributed by atoms with van der Waals surface area (Å²) in [4.78, 5) is 35.5. The van der Waals surface area contributed by atoms with E-state index in [1.54, 1.807) is 30.8 Å². The SMILES string of the molecule is CCn1nccc1C(=O)NC(C)C(=O)N1CCC(CCc2c(N)nc(C)nc2Cl)CC1. The predicted octanol–water partition coefficient (Wildman–Crippen LogP) is 2.23. The quantitative estimate of drug-likeness (QED) is 0.628. The van der Waals surface area contributed by atoms with Crippen LogP contribution >= 0.6 is 11.6 Å². The molecule has 3 rings (SSSR count). The summed E-state index contributed by atoms with van der Waals surface area (Å²) in [5.41, 5.74) is 7.25. The maximum absolute atomic E-state index is 12.8. The second kappa shape index (κ2) is 10.1. The van der Waals surface area contributed by atoms with Crippen molar-refractivity contribution in [3.63, 3.8) is 0 Å². The first-order valence-electron chi connectivity index (χ1n) is 10.7. The van der Waals surface area contributed by atoms with Gasteiger partial charge >= 0.3 is 0 Å². The lowest BCUT2D eigenvalue weighted by atomic mass is 9.90. The lowest BCUT2D eigenvalue weighted by Gasteiger charge is -2.33. The molecule has 0 saturated carbocycles. The fourth-order valence-electron chi connectivity index (χ4n) is 3.99. The third kappa shape index (κ3) is 5.52. The second-order valence-corrected chi connectivity index (χ2v) is 8.32. The molecular formula is C21H30ClN7O2. The number of aryl methyl sites for hydroxylation is 2. The van der Waals surface area contributed by atoms with Crippen molar-refractivity contribution in [3.8, 4) is 0 Å². The van der Waals surface area contributed by atoms with Gasteiger partial charge in [-0.1, -0.05) is 11.6 Å². The van der Waals surface area contributed by atoms with Gasteiger partial charge in [0.1, 0.15) is 28.5 Å². The number of carbonyl (C=O) groups is 2. The molecular weight excluding hydrogens is 418 g/mol. The van der Waals surface area contributed by atoms with E-state index in [1.165, 1.54) is 0 Å². The first-order chi connectivity index (χ1) is 14.8. The molecule has 168 valence electrons. The second-order valence-electron chi connectivity index (χ2n) is 7.96. The number of hydrogen-bond donors (Lipinski definition) is 2. The average molecular weight is 448 g/mol. The molecule has 0 radical (unpaired) electrons. The molecule has 1 fully saturated rings. The minimum absolute atomic E-state index is 0.0615. The summed E-state index contributed by atoms with van der Waals surface area (Å²) in [5, 5.41) is 7.32. The van der Waals surface area contributed by atoms with E-state index in [2.05, 4.69) is 20.4 Å². The van der Waals surface area contributed by atoms with Crippen molar-refractivity contribution in [1.29, 1.82) is 0 Å². The van der Waals surface area contributed by atoms with Crippen LogP contribution in [0.4, 0.5) is 5.82 Å². The molecule has 0 bridgehead atoms. The third-order valence-electron chi connectivity index (χ3n) is 5.80. The van der Waals surface area contributed by atoms with E-state index in [1.807, 2.05) is 11.8 Å². The fourth-order valence-corrected chi connectivity index (χ4v) is 4.30. The number of hydrogen-bond acceptors (Lipinski definition) is 6. The van der Waals surface area contributed by atoms with Crippen LogP contribution in [0.2, 0.25) is 5.15 Å². The molecule has 1 aliphatic heterocycles. The molecule has 3 N–H and O–H groups in total. The maximum Gasteiger partial charge on any atom is 0.270 e. The minimum Gasteiger partial charge on any atom is -0.383 e. The zero-order valence-electron chi connectivity index (χ0n) is 18.3. The summed E-state index contributed by atoms with van der Waals surface area (Å²) < 4.78 is 1.61. The lowest BCUT2D eigenvalue weighted by Crippen LogP contribution is -2.49. The molecule has 2 aromatic rings. The number of anilines is 1. The number of halogens is 1. The van der Waals surface area contributed by atoms with E-state index in [-0.39, 0.29) is 11.8 Å². The van der Waals surface area contributed by atoms with Gasteiger partial charge in [-0.3, -0.25) is 14.3 Å². The fraction of sp³-hybridized carbons (Fsp3) is 0.571. The number of nitrogens with zero attached hydrogens (tertiary/aromatic N) is 5. The Labute approximate surface area is 187 Å². The normalized spacial score (nSPS) is 15.7. The Morgan fingerprint density at radius 1 is 1.32 bits per heavy atom. The van der Waals surface area contributed by atoms with Gasteiger partial charge in [-0.05, 0) is 58.4 Å². The standard InChI is InChI=1S/C21H30ClN7O2/c1-4-29-17(7-10-24-29)20(30)25-13(2)21(31)28-11-8-15(9-12-28)5-6-16-18(22)26-14(3)27-19(16)23/h7,10,13,15H,4-6,8-9,11-12H2,1-3H3,(H,25,30)(H2,23,26,27). The molecule has 0 aliphatic carbocycles. The van der Waals surface area contributed by atoms with E-state index in [4.69, 9.17) is 17.3 Å². The van der Waals surface area contributed by atoms with Crippen LogP contribution in [0.5, 0.6) is 0 Å². The number of nitrogens with two attached hydrogens (primary N) is 1. The van der Waals surface area contributed by atoms with Gasteiger partial charge in [0.15, 0.2) is 0 Å². The zero-order chi connectivity index (χ0) is 22.5. The summed E-state index contributed by atoms with van der Waals surface area (Å²) in [7, 11) is 0. The highest BCUT2D eigenvalue weighted by Gasteiger charge is 2.27. The van der Waals surface area contributed by atoms with Gasteiger partial charge in [-0.25, -0.2) is 9.97 Å². The first kappa shape index (κ1) is 23.0. The summed E-state index contributed by atoms with van der Waals surface area (Å²) in [5.74, 6) is 1.14. The van der Waals surface area contributed by atoms with Crippen LogP contribution in [0.15, 0.2) is 12.3 Å². The van der Waals surface area contributed by atoms with Crippen LogP contribution in [0.25, 0.3) is 0 Å². The summed E-state index contributed by atoms with van der Waals surface area (Å²) in [6.45, 7) is 7.34. The number of piperidine rings is 1. The van der Waals surface area contributed by atoms with Gasteiger partial charge in [0, 0.05) is 31.4 Å². The number of amides is 2. The summed E-state index contributed by atoms with van der Waals surface area (Å²) in [6.07, 6.45) is 5.03. The van der Waals surface area contributed by atoms with Crippen molar-refractivity contribution in [3.05, 3.63) is 34.5 Å².